The molecule has 0 bridgehead atoms. The zero-order chi connectivity index (χ0) is 35.3. The van der Waals surface area contributed by atoms with Gasteiger partial charge >= 0.3 is 0 Å². The highest BCUT2D eigenvalue weighted by Gasteiger charge is 2.19. The Kier molecular flexibility index (Phi) is 6.21. The lowest BCUT2D eigenvalue weighted by Crippen LogP contribution is -2.03. The number of aromatic nitrogens is 3. The Morgan fingerprint density at radius 2 is 1.09 bits per heavy atom. The molecule has 0 N–H and O–H groups in total. The summed E-state index contributed by atoms with van der Waals surface area (Å²) in [5, 5.41) is 8.61. The number of thiophene rings is 1. The molecule has 0 saturated heterocycles. The largest absolute Gasteiger partial charge is 0.278 e. The summed E-state index contributed by atoms with van der Waals surface area (Å²) in [5.41, 5.74) is 12.4. The SMILES string of the molecule is C1=Cc2ccc(-c3cccc(-c4nc(-n5c6ccccc6c6cc(-c7ccc8sc9ccccc9c8c7)ccc65)nc5ccccc45)c3)c3cccc1c23. The van der Waals surface area contributed by atoms with Crippen molar-refractivity contribution in [2.75, 3.05) is 0 Å². The monoisotopic (exact) mass is 703 g/mol. The van der Waals surface area contributed by atoms with E-state index >= 15 is 0 Å². The Balaban J connectivity index is 1.04. The van der Waals surface area contributed by atoms with Gasteiger partial charge in [0.1, 0.15) is 0 Å². The average Bonchev–Trinajstić information content (AvgIpc) is 3.93. The van der Waals surface area contributed by atoms with Gasteiger partial charge < -0.3 is 0 Å². The molecule has 12 rings (SSSR count). The minimum atomic E-state index is 0.663. The van der Waals surface area contributed by atoms with Crippen molar-refractivity contribution in [2.24, 2.45) is 0 Å². The molecule has 1 aliphatic carbocycles. The van der Waals surface area contributed by atoms with Crippen LogP contribution in [0.5, 0.6) is 0 Å². The smallest absolute Gasteiger partial charge is 0.235 e. The summed E-state index contributed by atoms with van der Waals surface area (Å²) >= 11 is 1.85. The first kappa shape index (κ1) is 29.7. The third-order valence-electron chi connectivity index (χ3n) is 11.2. The summed E-state index contributed by atoms with van der Waals surface area (Å²) in [4.78, 5) is 10.7. The highest BCUT2D eigenvalue weighted by molar-refractivity contribution is 7.25. The number of hydrogen-bond donors (Lipinski definition) is 0. The van der Waals surface area contributed by atoms with Crippen LogP contribution in [0.2, 0.25) is 0 Å². The minimum Gasteiger partial charge on any atom is -0.278 e. The molecule has 0 fully saturated rings. The van der Waals surface area contributed by atoms with Gasteiger partial charge in [-0.05, 0) is 92.7 Å². The molecule has 0 aliphatic heterocycles. The van der Waals surface area contributed by atoms with Gasteiger partial charge in [0.15, 0.2) is 0 Å². The van der Waals surface area contributed by atoms with E-state index in [0.29, 0.717) is 5.95 Å². The maximum Gasteiger partial charge on any atom is 0.235 e. The third-order valence-corrected chi connectivity index (χ3v) is 12.3. The Bertz CT molecular complexity index is 3390. The van der Waals surface area contributed by atoms with Gasteiger partial charge in [0.2, 0.25) is 5.95 Å². The first-order chi connectivity index (χ1) is 26.7. The van der Waals surface area contributed by atoms with Crippen molar-refractivity contribution in [2.45, 2.75) is 0 Å². The van der Waals surface area contributed by atoms with E-state index < -0.39 is 0 Å². The molecular weight excluding hydrogens is 675 g/mol. The molecule has 250 valence electrons. The van der Waals surface area contributed by atoms with Crippen LogP contribution in [-0.2, 0) is 0 Å². The topological polar surface area (TPSA) is 30.7 Å². The van der Waals surface area contributed by atoms with E-state index in [1.807, 2.05) is 11.3 Å². The van der Waals surface area contributed by atoms with Crippen LogP contribution in [0.3, 0.4) is 0 Å². The number of para-hydroxylation sites is 2. The molecule has 54 heavy (non-hydrogen) atoms. The van der Waals surface area contributed by atoms with Gasteiger partial charge in [-0.2, -0.15) is 0 Å². The highest BCUT2D eigenvalue weighted by atomic mass is 32.1. The lowest BCUT2D eigenvalue weighted by Gasteiger charge is -2.14. The van der Waals surface area contributed by atoms with Gasteiger partial charge in [-0.3, -0.25) is 4.57 Å². The standard InChI is InChI=1S/C50H29N3S/c1-4-16-43-40(14-1)49(35-11-7-10-34(27-35)36-24-21-31-20-19-30-9-8-15-39(36)48(30)31)52-50(51-43)53-44-17-5-2-12-37(44)41-28-32(22-25-45(41)53)33-23-26-47-42(29-33)38-13-3-6-18-46(38)54-47/h1-29H. The molecule has 0 atom stereocenters. The van der Waals surface area contributed by atoms with Crippen molar-refractivity contribution in [1.29, 1.82) is 0 Å². The quantitative estimate of drug-likeness (QED) is 0.183. The molecule has 0 amide bonds. The zero-order valence-corrected chi connectivity index (χ0v) is 29.8. The van der Waals surface area contributed by atoms with E-state index in [4.69, 9.17) is 9.97 Å². The summed E-state index contributed by atoms with van der Waals surface area (Å²) in [6.45, 7) is 0. The summed E-state index contributed by atoms with van der Waals surface area (Å²) in [5.74, 6) is 0.663. The van der Waals surface area contributed by atoms with Gasteiger partial charge in [-0.15, -0.1) is 11.3 Å². The number of fused-ring (bicyclic) bond motifs is 7. The van der Waals surface area contributed by atoms with Gasteiger partial charge in [0, 0.05) is 41.9 Å². The molecule has 1 aliphatic rings. The Morgan fingerprint density at radius 3 is 2.02 bits per heavy atom. The molecule has 0 spiro atoms. The molecule has 3 nitrogen and oxygen atoms in total. The molecular formula is C50H29N3S. The second-order valence-corrected chi connectivity index (χ2v) is 15.3. The van der Waals surface area contributed by atoms with E-state index in [1.54, 1.807) is 0 Å². The molecule has 4 heteroatoms. The number of rotatable bonds is 4. The Morgan fingerprint density at radius 1 is 0.407 bits per heavy atom. The van der Waals surface area contributed by atoms with Crippen LogP contribution >= 0.6 is 11.3 Å². The Labute approximate surface area is 314 Å². The first-order valence-electron chi connectivity index (χ1n) is 18.3. The van der Waals surface area contributed by atoms with E-state index in [-0.39, 0.29) is 0 Å². The van der Waals surface area contributed by atoms with Crippen LogP contribution in [0.15, 0.2) is 164 Å². The predicted molar refractivity (Wildman–Crippen MR) is 230 cm³/mol. The van der Waals surface area contributed by atoms with Crippen LogP contribution < -0.4 is 0 Å². The van der Waals surface area contributed by atoms with Crippen molar-refractivity contribution >= 4 is 87.1 Å². The van der Waals surface area contributed by atoms with Crippen LogP contribution in [0, 0.1) is 0 Å². The molecule has 3 heterocycles. The highest BCUT2D eigenvalue weighted by Crippen LogP contribution is 2.41. The van der Waals surface area contributed by atoms with Gasteiger partial charge in [0.05, 0.1) is 22.2 Å². The normalized spacial score (nSPS) is 12.4. The van der Waals surface area contributed by atoms with Gasteiger partial charge in [-0.25, -0.2) is 9.97 Å². The average molecular weight is 704 g/mol. The van der Waals surface area contributed by atoms with Crippen LogP contribution in [0.25, 0.3) is 115 Å². The fourth-order valence-corrected chi connectivity index (χ4v) is 9.75. The third kappa shape index (κ3) is 4.35. The lowest BCUT2D eigenvalue weighted by atomic mass is 9.93. The minimum absolute atomic E-state index is 0.663. The number of nitrogens with zero attached hydrogens (tertiary/aromatic N) is 3. The maximum absolute atomic E-state index is 5.43. The van der Waals surface area contributed by atoms with Crippen molar-refractivity contribution in [3.8, 4) is 39.5 Å². The molecule has 0 saturated carbocycles. The van der Waals surface area contributed by atoms with Crippen molar-refractivity contribution in [3.05, 3.63) is 175 Å². The lowest BCUT2D eigenvalue weighted by molar-refractivity contribution is 1.01. The summed E-state index contributed by atoms with van der Waals surface area (Å²) in [6.07, 6.45) is 4.43. The van der Waals surface area contributed by atoms with E-state index in [9.17, 15) is 0 Å². The summed E-state index contributed by atoms with van der Waals surface area (Å²) in [7, 11) is 0. The number of benzene rings is 8. The second-order valence-electron chi connectivity index (χ2n) is 14.2. The van der Waals surface area contributed by atoms with Crippen LogP contribution in [0.4, 0.5) is 0 Å². The predicted octanol–water partition coefficient (Wildman–Crippen LogP) is 13.7. The van der Waals surface area contributed by atoms with E-state index in [2.05, 4.69) is 181 Å². The van der Waals surface area contributed by atoms with Crippen molar-refractivity contribution in [3.63, 3.8) is 0 Å². The maximum atomic E-state index is 5.43. The molecule has 0 radical (unpaired) electrons. The first-order valence-corrected chi connectivity index (χ1v) is 19.1. The van der Waals surface area contributed by atoms with E-state index in [1.165, 1.54) is 75.1 Å². The van der Waals surface area contributed by atoms with Gasteiger partial charge in [0.25, 0.3) is 0 Å². The van der Waals surface area contributed by atoms with Crippen molar-refractivity contribution < 1.29 is 0 Å². The molecule has 11 aromatic rings. The molecule has 8 aromatic carbocycles. The fraction of sp³-hybridized carbons (Fsp3) is 0. The Hall–Kier alpha value is -6.88. The van der Waals surface area contributed by atoms with Crippen molar-refractivity contribution in [1.82, 2.24) is 14.5 Å². The van der Waals surface area contributed by atoms with E-state index in [0.717, 1.165) is 33.2 Å². The zero-order valence-electron chi connectivity index (χ0n) is 29.0. The summed E-state index contributed by atoms with van der Waals surface area (Å²) < 4.78 is 4.87. The van der Waals surface area contributed by atoms with Crippen LogP contribution in [0.1, 0.15) is 11.1 Å². The summed E-state index contributed by atoms with van der Waals surface area (Å²) in [6, 6.07) is 59.3. The molecule has 0 unspecified atom stereocenters. The van der Waals surface area contributed by atoms with Gasteiger partial charge in [-0.1, -0.05) is 127 Å². The number of hydrogen-bond acceptors (Lipinski definition) is 3. The second kappa shape index (κ2) is 11.3. The molecule has 3 aromatic heterocycles. The van der Waals surface area contributed by atoms with Crippen LogP contribution in [-0.4, -0.2) is 14.5 Å². The fourth-order valence-electron chi connectivity index (χ4n) is 8.66.